The molecule has 58 valence electrons. The molecule has 0 unspecified atom stereocenters. The molecule has 0 aromatic heterocycles. The van der Waals surface area contributed by atoms with Crippen molar-refractivity contribution in [3.63, 3.8) is 0 Å². The van der Waals surface area contributed by atoms with Crippen LogP contribution in [0.15, 0.2) is 0 Å². The fourth-order valence-corrected chi connectivity index (χ4v) is 0.816. The summed E-state index contributed by atoms with van der Waals surface area (Å²) in [6.07, 6.45) is 0. The van der Waals surface area contributed by atoms with Crippen LogP contribution < -0.4 is 0 Å². The zero-order chi connectivity index (χ0) is 7.66. The van der Waals surface area contributed by atoms with Crippen molar-refractivity contribution < 1.29 is 4.74 Å². The molecular weight excluding hydrogens is 144 g/mol. The van der Waals surface area contributed by atoms with Gasteiger partial charge in [0.2, 0.25) is 0 Å². The summed E-state index contributed by atoms with van der Waals surface area (Å²) < 4.78 is 5.03. The van der Waals surface area contributed by atoms with E-state index < -0.39 is 0 Å². The summed E-state index contributed by atoms with van der Waals surface area (Å²) in [6, 6.07) is 0. The van der Waals surface area contributed by atoms with Crippen LogP contribution >= 0.6 is 11.8 Å². The second-order valence-electron chi connectivity index (χ2n) is 1.63. The Balaban J connectivity index is 2.98. The molecule has 0 aromatic carbocycles. The SMILES string of the molecule is CCOCC#CCSCC. The summed E-state index contributed by atoms with van der Waals surface area (Å²) in [4.78, 5) is 0. The van der Waals surface area contributed by atoms with Crippen LogP contribution in [0.25, 0.3) is 0 Å². The van der Waals surface area contributed by atoms with Crippen LogP contribution in [-0.4, -0.2) is 24.7 Å². The van der Waals surface area contributed by atoms with Crippen LogP contribution in [0.3, 0.4) is 0 Å². The molecular formula is C8H14OS. The van der Waals surface area contributed by atoms with Crippen LogP contribution in [0.2, 0.25) is 0 Å². The second-order valence-corrected chi connectivity index (χ2v) is 2.90. The number of rotatable bonds is 4. The van der Waals surface area contributed by atoms with E-state index in [2.05, 4.69) is 18.8 Å². The lowest BCUT2D eigenvalue weighted by Gasteiger charge is -1.89. The van der Waals surface area contributed by atoms with Gasteiger partial charge in [0.25, 0.3) is 0 Å². The van der Waals surface area contributed by atoms with E-state index in [1.165, 1.54) is 0 Å². The lowest BCUT2D eigenvalue weighted by Crippen LogP contribution is -1.88. The van der Waals surface area contributed by atoms with Gasteiger partial charge in [-0.3, -0.25) is 0 Å². The van der Waals surface area contributed by atoms with E-state index in [4.69, 9.17) is 4.74 Å². The first kappa shape index (κ1) is 9.87. The maximum absolute atomic E-state index is 5.03. The van der Waals surface area contributed by atoms with Gasteiger partial charge in [0.05, 0.1) is 5.75 Å². The van der Waals surface area contributed by atoms with E-state index >= 15 is 0 Å². The average molecular weight is 158 g/mol. The van der Waals surface area contributed by atoms with Crippen molar-refractivity contribution in [3.05, 3.63) is 0 Å². The third-order valence-corrected chi connectivity index (χ3v) is 1.64. The fraction of sp³-hybridized carbons (Fsp3) is 0.750. The topological polar surface area (TPSA) is 9.23 Å². The van der Waals surface area contributed by atoms with E-state index in [9.17, 15) is 0 Å². The van der Waals surface area contributed by atoms with Crippen LogP contribution in [0.4, 0.5) is 0 Å². The molecule has 0 aliphatic carbocycles. The summed E-state index contributed by atoms with van der Waals surface area (Å²) in [7, 11) is 0. The van der Waals surface area contributed by atoms with Gasteiger partial charge in [0.15, 0.2) is 0 Å². The van der Waals surface area contributed by atoms with Crippen molar-refractivity contribution in [2.75, 3.05) is 24.7 Å². The first-order valence-electron chi connectivity index (χ1n) is 3.53. The largest absolute Gasteiger partial charge is 0.369 e. The van der Waals surface area contributed by atoms with Gasteiger partial charge in [0, 0.05) is 6.61 Å². The number of hydrogen-bond donors (Lipinski definition) is 0. The summed E-state index contributed by atoms with van der Waals surface area (Å²) in [5, 5.41) is 0. The van der Waals surface area contributed by atoms with Crippen molar-refractivity contribution in [2.45, 2.75) is 13.8 Å². The van der Waals surface area contributed by atoms with Gasteiger partial charge < -0.3 is 4.74 Å². The minimum Gasteiger partial charge on any atom is -0.369 e. The van der Waals surface area contributed by atoms with Crippen LogP contribution in [-0.2, 0) is 4.74 Å². The highest BCUT2D eigenvalue weighted by atomic mass is 32.2. The van der Waals surface area contributed by atoms with Crippen molar-refractivity contribution in [3.8, 4) is 11.8 Å². The Labute approximate surface area is 67.5 Å². The molecule has 0 bridgehead atoms. The maximum atomic E-state index is 5.03. The fourth-order valence-electron chi connectivity index (χ4n) is 0.408. The van der Waals surface area contributed by atoms with E-state index in [1.807, 2.05) is 18.7 Å². The zero-order valence-corrected chi connectivity index (χ0v) is 7.46. The van der Waals surface area contributed by atoms with E-state index in [0.717, 1.165) is 18.1 Å². The van der Waals surface area contributed by atoms with E-state index in [-0.39, 0.29) is 0 Å². The average Bonchev–Trinajstić information content (AvgIpc) is 1.97. The van der Waals surface area contributed by atoms with Gasteiger partial charge in [-0.25, -0.2) is 0 Å². The molecule has 2 heteroatoms. The van der Waals surface area contributed by atoms with Gasteiger partial charge in [-0.2, -0.15) is 0 Å². The van der Waals surface area contributed by atoms with Gasteiger partial charge in [0.1, 0.15) is 6.61 Å². The molecule has 0 radical (unpaired) electrons. The van der Waals surface area contributed by atoms with Gasteiger partial charge in [-0.1, -0.05) is 18.8 Å². The third-order valence-electron chi connectivity index (χ3n) is 0.882. The molecule has 0 amide bonds. The molecule has 0 spiro atoms. The highest BCUT2D eigenvalue weighted by Gasteiger charge is 1.76. The minimum absolute atomic E-state index is 0.584. The van der Waals surface area contributed by atoms with Gasteiger partial charge in [-0.15, -0.1) is 11.8 Å². The third kappa shape index (κ3) is 7.87. The summed E-state index contributed by atoms with van der Waals surface area (Å²) in [5.74, 6) is 8.01. The lowest BCUT2D eigenvalue weighted by molar-refractivity contribution is 0.182. The summed E-state index contributed by atoms with van der Waals surface area (Å²) >= 11 is 1.84. The smallest absolute Gasteiger partial charge is 0.107 e. The Morgan fingerprint density at radius 3 is 2.70 bits per heavy atom. The van der Waals surface area contributed by atoms with Gasteiger partial charge >= 0.3 is 0 Å². The normalized spacial score (nSPS) is 8.60. The maximum Gasteiger partial charge on any atom is 0.107 e. The summed E-state index contributed by atoms with van der Waals surface area (Å²) in [6.45, 7) is 5.45. The van der Waals surface area contributed by atoms with E-state index in [1.54, 1.807) is 0 Å². The molecule has 0 aliphatic rings. The summed E-state index contributed by atoms with van der Waals surface area (Å²) in [5.41, 5.74) is 0. The molecule has 0 saturated heterocycles. The number of ether oxygens (including phenoxy) is 1. The molecule has 0 rings (SSSR count). The van der Waals surface area contributed by atoms with Crippen molar-refractivity contribution in [1.82, 2.24) is 0 Å². The number of hydrogen-bond acceptors (Lipinski definition) is 2. The predicted molar refractivity (Wildman–Crippen MR) is 47.3 cm³/mol. The molecule has 0 fully saturated rings. The Kier molecular flexibility index (Phi) is 8.75. The minimum atomic E-state index is 0.584. The van der Waals surface area contributed by atoms with Crippen LogP contribution in [0.1, 0.15) is 13.8 Å². The highest BCUT2D eigenvalue weighted by molar-refractivity contribution is 7.99. The molecule has 0 saturated carbocycles. The molecule has 1 nitrogen and oxygen atoms in total. The Morgan fingerprint density at radius 2 is 2.10 bits per heavy atom. The second kappa shape index (κ2) is 8.87. The lowest BCUT2D eigenvalue weighted by atomic mass is 10.6. The van der Waals surface area contributed by atoms with Gasteiger partial charge in [-0.05, 0) is 12.7 Å². The molecule has 10 heavy (non-hydrogen) atoms. The van der Waals surface area contributed by atoms with E-state index in [0.29, 0.717) is 6.61 Å². The molecule has 0 heterocycles. The predicted octanol–water partition coefficient (Wildman–Crippen LogP) is 1.78. The standard InChI is InChI=1S/C8H14OS/c1-3-9-7-5-6-8-10-4-2/h3-4,7-8H2,1-2H3. The Hall–Kier alpha value is -0.130. The first-order valence-corrected chi connectivity index (χ1v) is 4.68. The quantitative estimate of drug-likeness (QED) is 0.455. The molecule has 0 atom stereocenters. The highest BCUT2D eigenvalue weighted by Crippen LogP contribution is 1.94. The van der Waals surface area contributed by atoms with Crippen molar-refractivity contribution in [2.24, 2.45) is 0 Å². The Bertz CT molecular complexity index is 100. The van der Waals surface area contributed by atoms with Crippen LogP contribution in [0.5, 0.6) is 0 Å². The number of thioether (sulfide) groups is 1. The molecule has 0 aromatic rings. The molecule has 0 aliphatic heterocycles. The zero-order valence-electron chi connectivity index (χ0n) is 6.64. The van der Waals surface area contributed by atoms with Crippen molar-refractivity contribution in [1.29, 1.82) is 0 Å². The monoisotopic (exact) mass is 158 g/mol. The first-order chi connectivity index (χ1) is 4.91. The van der Waals surface area contributed by atoms with Crippen molar-refractivity contribution >= 4 is 11.8 Å². The Morgan fingerprint density at radius 1 is 1.30 bits per heavy atom. The van der Waals surface area contributed by atoms with Crippen LogP contribution in [0, 0.1) is 11.8 Å². The molecule has 0 N–H and O–H groups in total.